The summed E-state index contributed by atoms with van der Waals surface area (Å²) in [6.45, 7) is 3.82. The summed E-state index contributed by atoms with van der Waals surface area (Å²) in [4.78, 5) is 0. The van der Waals surface area contributed by atoms with Crippen LogP contribution in [0.2, 0.25) is 0 Å². The summed E-state index contributed by atoms with van der Waals surface area (Å²) < 4.78 is 14.7. The number of hydrogen-bond acceptors (Lipinski definition) is 1. The Morgan fingerprint density at radius 1 is 1.10 bits per heavy atom. The number of halogens is 2. The molecule has 1 unspecified atom stereocenters. The Kier molecular flexibility index (Phi) is 3.53. The molecule has 3 rings (SSSR count). The zero-order chi connectivity index (χ0) is 14.3. The van der Waals surface area contributed by atoms with E-state index in [0.29, 0.717) is 0 Å². The Morgan fingerprint density at radius 2 is 1.75 bits per heavy atom. The molecule has 0 nitrogen and oxygen atoms in total. The number of aryl methyl sites for hydroxylation is 2. The zero-order valence-electron chi connectivity index (χ0n) is 11.3. The smallest absolute Gasteiger partial charge is 0.123 e. The summed E-state index contributed by atoms with van der Waals surface area (Å²) in [7, 11) is 0. The van der Waals surface area contributed by atoms with Crippen molar-refractivity contribution in [3.63, 3.8) is 0 Å². The first-order valence-corrected chi connectivity index (χ1v) is 7.76. The van der Waals surface area contributed by atoms with Gasteiger partial charge in [-0.1, -0.05) is 18.2 Å². The van der Waals surface area contributed by atoms with Gasteiger partial charge in [0.25, 0.3) is 0 Å². The van der Waals surface area contributed by atoms with Gasteiger partial charge in [-0.05, 0) is 65.1 Å². The van der Waals surface area contributed by atoms with E-state index in [9.17, 15) is 4.39 Å². The molecule has 3 aromatic rings. The highest BCUT2D eigenvalue weighted by Crippen LogP contribution is 2.39. The normalized spacial score (nSPS) is 12.8. The lowest BCUT2D eigenvalue weighted by molar-refractivity contribution is 0.624. The van der Waals surface area contributed by atoms with Crippen LogP contribution >= 0.6 is 22.9 Å². The summed E-state index contributed by atoms with van der Waals surface area (Å²) in [6, 6.07) is 11.3. The highest BCUT2D eigenvalue weighted by molar-refractivity contribution is 7.17. The molecule has 0 aliphatic carbocycles. The molecule has 3 heteroatoms. The van der Waals surface area contributed by atoms with Crippen LogP contribution in [0.1, 0.15) is 27.6 Å². The molecule has 0 amide bonds. The van der Waals surface area contributed by atoms with Crippen LogP contribution in [-0.4, -0.2) is 0 Å². The number of rotatable bonds is 2. The van der Waals surface area contributed by atoms with Crippen molar-refractivity contribution >= 4 is 33.0 Å². The summed E-state index contributed by atoms with van der Waals surface area (Å²) in [5.74, 6) is -0.206. The number of thiophene rings is 1. The molecule has 0 saturated carbocycles. The van der Waals surface area contributed by atoms with Gasteiger partial charge >= 0.3 is 0 Å². The van der Waals surface area contributed by atoms with Gasteiger partial charge in [-0.15, -0.1) is 22.9 Å². The van der Waals surface area contributed by atoms with Gasteiger partial charge in [-0.3, -0.25) is 0 Å². The first kappa shape index (κ1) is 13.6. The SMILES string of the molecule is Cc1cc(F)cc(C)c1C(Cl)c1csc2ccccc12. The summed E-state index contributed by atoms with van der Waals surface area (Å²) in [6.07, 6.45) is 0. The maximum atomic E-state index is 13.4. The van der Waals surface area contributed by atoms with Crippen molar-refractivity contribution in [3.8, 4) is 0 Å². The quantitative estimate of drug-likeness (QED) is 0.510. The predicted octanol–water partition coefficient (Wildman–Crippen LogP) is 5.99. The molecule has 0 radical (unpaired) electrons. The lowest BCUT2D eigenvalue weighted by Crippen LogP contribution is -2.00. The minimum Gasteiger partial charge on any atom is -0.207 e. The second-order valence-corrected chi connectivity index (χ2v) is 6.35. The maximum Gasteiger partial charge on any atom is 0.123 e. The largest absolute Gasteiger partial charge is 0.207 e. The molecule has 0 spiro atoms. The molecule has 1 aromatic heterocycles. The van der Waals surface area contributed by atoms with Gasteiger partial charge in [0.2, 0.25) is 0 Å². The molecule has 102 valence electrons. The zero-order valence-corrected chi connectivity index (χ0v) is 12.9. The molecule has 1 heterocycles. The lowest BCUT2D eigenvalue weighted by atomic mass is 9.95. The molecule has 0 bridgehead atoms. The monoisotopic (exact) mass is 304 g/mol. The van der Waals surface area contributed by atoms with Gasteiger partial charge in [0.05, 0.1) is 5.38 Å². The highest BCUT2D eigenvalue weighted by atomic mass is 35.5. The van der Waals surface area contributed by atoms with E-state index in [-0.39, 0.29) is 11.2 Å². The first-order chi connectivity index (χ1) is 9.58. The molecular weight excluding hydrogens is 291 g/mol. The van der Waals surface area contributed by atoms with Crippen molar-refractivity contribution < 1.29 is 4.39 Å². The van der Waals surface area contributed by atoms with Crippen LogP contribution in [0.15, 0.2) is 41.8 Å². The Bertz CT molecular complexity index is 753. The second-order valence-electron chi connectivity index (χ2n) is 5.00. The Labute approximate surface area is 126 Å². The van der Waals surface area contributed by atoms with E-state index in [1.807, 2.05) is 26.0 Å². The van der Waals surface area contributed by atoms with Gasteiger partial charge in [0.1, 0.15) is 5.82 Å². The third-order valence-electron chi connectivity index (χ3n) is 3.60. The molecule has 0 aliphatic heterocycles. The maximum absolute atomic E-state index is 13.4. The van der Waals surface area contributed by atoms with Crippen LogP contribution in [0.5, 0.6) is 0 Å². The van der Waals surface area contributed by atoms with Crippen LogP contribution in [0.3, 0.4) is 0 Å². The van der Waals surface area contributed by atoms with Gasteiger partial charge in [-0.2, -0.15) is 0 Å². The average Bonchev–Trinajstić information content (AvgIpc) is 2.81. The standard InChI is InChI=1S/C17H14ClFS/c1-10-7-12(19)8-11(2)16(10)17(18)14-9-20-15-6-4-3-5-13(14)15/h3-9,17H,1-2H3. The van der Waals surface area contributed by atoms with Gasteiger partial charge < -0.3 is 0 Å². The molecule has 2 aromatic carbocycles. The molecule has 0 saturated heterocycles. The van der Waals surface area contributed by atoms with E-state index >= 15 is 0 Å². The van der Waals surface area contributed by atoms with Gasteiger partial charge in [0, 0.05) is 4.70 Å². The lowest BCUT2D eigenvalue weighted by Gasteiger charge is -2.16. The van der Waals surface area contributed by atoms with E-state index in [1.165, 1.54) is 10.1 Å². The molecule has 0 fully saturated rings. The summed E-state index contributed by atoms with van der Waals surface area (Å²) >= 11 is 8.39. The fourth-order valence-electron chi connectivity index (χ4n) is 2.67. The number of fused-ring (bicyclic) bond motifs is 1. The van der Waals surface area contributed by atoms with Crippen molar-refractivity contribution in [2.24, 2.45) is 0 Å². The van der Waals surface area contributed by atoms with E-state index in [2.05, 4.69) is 17.5 Å². The second kappa shape index (κ2) is 5.19. The third kappa shape index (κ3) is 2.23. The first-order valence-electron chi connectivity index (χ1n) is 6.45. The van der Waals surface area contributed by atoms with Crippen molar-refractivity contribution in [1.82, 2.24) is 0 Å². The van der Waals surface area contributed by atoms with Crippen LogP contribution in [-0.2, 0) is 0 Å². The summed E-state index contributed by atoms with van der Waals surface area (Å²) in [5, 5.41) is 3.04. The minimum atomic E-state index is -0.244. The summed E-state index contributed by atoms with van der Waals surface area (Å²) in [5.41, 5.74) is 3.91. The number of benzene rings is 2. The predicted molar refractivity (Wildman–Crippen MR) is 85.4 cm³/mol. The molecule has 0 aliphatic rings. The molecular formula is C17H14ClFS. The van der Waals surface area contributed by atoms with E-state index in [1.54, 1.807) is 23.5 Å². The Balaban J connectivity index is 2.16. The van der Waals surface area contributed by atoms with E-state index in [4.69, 9.17) is 11.6 Å². The Hall–Kier alpha value is -1.38. The van der Waals surface area contributed by atoms with E-state index in [0.717, 1.165) is 22.3 Å². The number of hydrogen-bond donors (Lipinski definition) is 0. The van der Waals surface area contributed by atoms with Gasteiger partial charge in [0.15, 0.2) is 0 Å². The average molecular weight is 305 g/mol. The molecule has 20 heavy (non-hydrogen) atoms. The fraction of sp³-hybridized carbons (Fsp3) is 0.176. The van der Waals surface area contributed by atoms with Crippen LogP contribution < -0.4 is 0 Å². The fourth-order valence-corrected chi connectivity index (χ4v) is 4.26. The third-order valence-corrected chi connectivity index (χ3v) is 5.03. The number of alkyl halides is 1. The minimum absolute atomic E-state index is 0.206. The van der Waals surface area contributed by atoms with Crippen molar-refractivity contribution in [3.05, 3.63) is 69.8 Å². The molecule has 0 N–H and O–H groups in total. The van der Waals surface area contributed by atoms with Crippen molar-refractivity contribution in [2.45, 2.75) is 19.2 Å². The topological polar surface area (TPSA) is 0 Å². The van der Waals surface area contributed by atoms with Crippen LogP contribution in [0.4, 0.5) is 4.39 Å². The van der Waals surface area contributed by atoms with Crippen molar-refractivity contribution in [2.75, 3.05) is 0 Å². The van der Waals surface area contributed by atoms with E-state index < -0.39 is 0 Å². The molecule has 1 atom stereocenters. The Morgan fingerprint density at radius 3 is 2.45 bits per heavy atom. The highest BCUT2D eigenvalue weighted by Gasteiger charge is 2.19. The van der Waals surface area contributed by atoms with Crippen molar-refractivity contribution in [1.29, 1.82) is 0 Å². The van der Waals surface area contributed by atoms with Gasteiger partial charge in [-0.25, -0.2) is 4.39 Å². The van der Waals surface area contributed by atoms with Crippen LogP contribution in [0.25, 0.3) is 10.1 Å². The van der Waals surface area contributed by atoms with Crippen LogP contribution in [0, 0.1) is 19.7 Å².